The molecule has 4 nitrogen and oxygen atoms in total. The van der Waals surface area contributed by atoms with E-state index >= 15 is 0 Å². The highest BCUT2D eigenvalue weighted by molar-refractivity contribution is 5.79. The number of hydrogen-bond acceptors (Lipinski definition) is 4. The van der Waals surface area contributed by atoms with Crippen LogP contribution in [0.2, 0.25) is 0 Å². The van der Waals surface area contributed by atoms with Crippen molar-refractivity contribution < 1.29 is 14.3 Å². The first-order valence-electron chi connectivity index (χ1n) is 18.9. The van der Waals surface area contributed by atoms with Crippen molar-refractivity contribution in [2.45, 2.75) is 180 Å². The van der Waals surface area contributed by atoms with Gasteiger partial charge in [-0.05, 0) is 91.1 Å². The lowest BCUT2D eigenvalue weighted by Crippen LogP contribution is -2.32. The Bertz CT molecular complexity index is 720. The smallest absolute Gasteiger partial charge is 0.306 e. The fourth-order valence-electron chi connectivity index (χ4n) is 5.37. The molecule has 0 heterocycles. The normalized spacial score (nSPS) is 12.9. The van der Waals surface area contributed by atoms with Crippen molar-refractivity contribution in [3.8, 4) is 0 Å². The summed E-state index contributed by atoms with van der Waals surface area (Å²) in [6, 6.07) is 0. The van der Waals surface area contributed by atoms with Crippen molar-refractivity contribution in [3.05, 3.63) is 48.6 Å². The zero-order valence-corrected chi connectivity index (χ0v) is 30.3. The molecule has 0 aromatic heterocycles. The molecule has 0 radical (unpaired) electrons. The molecule has 0 spiro atoms. The Morgan fingerprint density at radius 2 is 0.933 bits per heavy atom. The van der Waals surface area contributed by atoms with E-state index in [4.69, 9.17) is 4.74 Å². The van der Waals surface area contributed by atoms with E-state index in [0.717, 1.165) is 57.8 Å². The first-order valence-corrected chi connectivity index (χ1v) is 18.9. The Kier molecular flexibility index (Phi) is 33.4. The molecule has 0 aliphatic heterocycles. The van der Waals surface area contributed by atoms with Gasteiger partial charge in [0.05, 0.1) is 0 Å². The Labute approximate surface area is 280 Å². The van der Waals surface area contributed by atoms with Crippen LogP contribution in [0, 0.1) is 0 Å². The third kappa shape index (κ3) is 34.8. The number of hydrogen-bond donors (Lipinski definition) is 0. The summed E-state index contributed by atoms with van der Waals surface area (Å²) in [5.41, 5.74) is 0. The molecular formula is C41H73NO3. The van der Waals surface area contributed by atoms with Crippen LogP contribution in [-0.2, 0) is 14.3 Å². The summed E-state index contributed by atoms with van der Waals surface area (Å²) < 4.78 is 5.75. The van der Waals surface area contributed by atoms with Gasteiger partial charge in [-0.2, -0.15) is 0 Å². The van der Waals surface area contributed by atoms with Crippen LogP contribution in [0.3, 0.4) is 0 Å². The molecule has 0 N–H and O–H groups in total. The standard InChI is InChI=1S/C41H73NO3/c1-5-7-9-11-13-15-17-19-21-23-25-27-29-31-33-35-39(43)37-40(38-42(3)4)45-41(44)36-34-32-30-28-26-24-22-20-18-16-14-12-10-8-6-2/h13-16,19-22,40H,5-12,17-18,23-38H2,1-4H3/b15-13-,16-14-,21-19-,22-20-. The fourth-order valence-corrected chi connectivity index (χ4v) is 5.37. The molecule has 0 saturated heterocycles. The molecule has 1 atom stereocenters. The number of Topliss-reactive ketones (excluding diaryl/α,β-unsaturated/α-hetero) is 1. The van der Waals surface area contributed by atoms with E-state index < -0.39 is 0 Å². The van der Waals surface area contributed by atoms with E-state index in [2.05, 4.69) is 62.5 Å². The molecule has 0 aliphatic carbocycles. The number of rotatable bonds is 33. The summed E-state index contributed by atoms with van der Waals surface area (Å²) in [5, 5.41) is 0. The largest absolute Gasteiger partial charge is 0.461 e. The van der Waals surface area contributed by atoms with Gasteiger partial charge in [-0.1, -0.05) is 127 Å². The molecule has 0 aliphatic rings. The number of allylic oxidation sites excluding steroid dienone is 8. The summed E-state index contributed by atoms with van der Waals surface area (Å²) in [6.07, 6.45) is 45.2. The van der Waals surface area contributed by atoms with Crippen LogP contribution in [0.25, 0.3) is 0 Å². The number of ketones is 1. The molecule has 260 valence electrons. The lowest BCUT2D eigenvalue weighted by Gasteiger charge is -2.21. The number of ether oxygens (including phenoxy) is 1. The van der Waals surface area contributed by atoms with Gasteiger partial charge in [-0.15, -0.1) is 0 Å². The van der Waals surface area contributed by atoms with Crippen molar-refractivity contribution >= 4 is 11.8 Å². The quantitative estimate of drug-likeness (QED) is 0.0412. The van der Waals surface area contributed by atoms with Crippen LogP contribution < -0.4 is 0 Å². The van der Waals surface area contributed by atoms with Gasteiger partial charge < -0.3 is 9.64 Å². The molecule has 0 aromatic rings. The molecule has 0 saturated carbocycles. The van der Waals surface area contributed by atoms with E-state index in [1.54, 1.807) is 0 Å². The number of carbonyl (C=O) groups is 2. The molecule has 4 heteroatoms. The zero-order valence-electron chi connectivity index (χ0n) is 30.3. The van der Waals surface area contributed by atoms with Gasteiger partial charge in [0.1, 0.15) is 11.9 Å². The second-order valence-electron chi connectivity index (χ2n) is 13.1. The molecule has 45 heavy (non-hydrogen) atoms. The summed E-state index contributed by atoms with van der Waals surface area (Å²) in [6.45, 7) is 5.09. The van der Waals surface area contributed by atoms with E-state index in [0.29, 0.717) is 25.8 Å². The average molecular weight is 628 g/mol. The third-order valence-electron chi connectivity index (χ3n) is 8.06. The maximum absolute atomic E-state index is 12.6. The Hall–Kier alpha value is -1.94. The zero-order chi connectivity index (χ0) is 33.1. The second-order valence-corrected chi connectivity index (χ2v) is 13.1. The first kappa shape index (κ1) is 43.1. The number of likely N-dealkylation sites (N-methyl/N-ethyl adjacent to an activating group) is 1. The molecule has 0 aromatic carbocycles. The van der Waals surface area contributed by atoms with Gasteiger partial charge in [0.2, 0.25) is 0 Å². The summed E-state index contributed by atoms with van der Waals surface area (Å²) in [7, 11) is 3.93. The summed E-state index contributed by atoms with van der Waals surface area (Å²) in [5.74, 6) is 0.0646. The van der Waals surface area contributed by atoms with Crippen molar-refractivity contribution in [3.63, 3.8) is 0 Å². The van der Waals surface area contributed by atoms with Crippen molar-refractivity contribution in [1.82, 2.24) is 4.90 Å². The van der Waals surface area contributed by atoms with Crippen LogP contribution in [0.4, 0.5) is 0 Å². The Morgan fingerprint density at radius 1 is 0.533 bits per heavy atom. The minimum atomic E-state index is -0.337. The number of esters is 1. The number of nitrogens with zero attached hydrogens (tertiary/aromatic N) is 1. The predicted molar refractivity (Wildman–Crippen MR) is 197 cm³/mol. The average Bonchev–Trinajstić information content (AvgIpc) is 3.00. The van der Waals surface area contributed by atoms with Crippen LogP contribution in [0.1, 0.15) is 174 Å². The first-order chi connectivity index (χ1) is 22.0. The van der Waals surface area contributed by atoms with Crippen LogP contribution >= 0.6 is 0 Å². The maximum Gasteiger partial charge on any atom is 0.306 e. The van der Waals surface area contributed by atoms with Crippen molar-refractivity contribution in [2.75, 3.05) is 20.6 Å². The van der Waals surface area contributed by atoms with Gasteiger partial charge in [-0.25, -0.2) is 0 Å². The minimum Gasteiger partial charge on any atom is -0.461 e. The lowest BCUT2D eigenvalue weighted by atomic mass is 10.0. The van der Waals surface area contributed by atoms with Crippen LogP contribution in [0.5, 0.6) is 0 Å². The third-order valence-corrected chi connectivity index (χ3v) is 8.06. The molecule has 0 rings (SSSR count). The fraction of sp³-hybridized carbons (Fsp3) is 0.756. The van der Waals surface area contributed by atoms with E-state index in [1.165, 1.54) is 83.5 Å². The molecule has 0 fully saturated rings. The van der Waals surface area contributed by atoms with Gasteiger partial charge >= 0.3 is 5.97 Å². The minimum absolute atomic E-state index is 0.155. The molecule has 1 unspecified atom stereocenters. The molecular weight excluding hydrogens is 554 g/mol. The maximum atomic E-state index is 12.6. The Morgan fingerprint density at radius 3 is 1.38 bits per heavy atom. The highest BCUT2D eigenvalue weighted by Crippen LogP contribution is 2.13. The van der Waals surface area contributed by atoms with E-state index in [-0.39, 0.29) is 17.9 Å². The predicted octanol–water partition coefficient (Wildman–Crippen LogP) is 12.0. The lowest BCUT2D eigenvalue weighted by molar-refractivity contribution is -0.151. The summed E-state index contributed by atoms with van der Waals surface area (Å²) >= 11 is 0. The van der Waals surface area contributed by atoms with E-state index in [1.807, 2.05) is 19.0 Å². The monoisotopic (exact) mass is 628 g/mol. The molecule has 0 amide bonds. The van der Waals surface area contributed by atoms with Crippen LogP contribution in [0.15, 0.2) is 48.6 Å². The highest BCUT2D eigenvalue weighted by atomic mass is 16.5. The van der Waals surface area contributed by atoms with Gasteiger partial charge in [0, 0.05) is 25.8 Å². The van der Waals surface area contributed by atoms with E-state index in [9.17, 15) is 9.59 Å². The number of carbonyl (C=O) groups excluding carboxylic acids is 2. The SMILES string of the molecule is CCCCC/C=C\C/C=C\CCCCCCCC(=O)CC(CN(C)C)OC(=O)CCCCCCC/C=C\C/C=C\CCCCC. The van der Waals surface area contributed by atoms with Crippen molar-refractivity contribution in [2.24, 2.45) is 0 Å². The van der Waals surface area contributed by atoms with Gasteiger partial charge in [-0.3, -0.25) is 9.59 Å². The second kappa shape index (κ2) is 34.9. The highest BCUT2D eigenvalue weighted by Gasteiger charge is 2.19. The summed E-state index contributed by atoms with van der Waals surface area (Å²) in [4.78, 5) is 27.1. The van der Waals surface area contributed by atoms with Gasteiger partial charge in [0.25, 0.3) is 0 Å². The molecule has 0 bridgehead atoms. The topological polar surface area (TPSA) is 46.6 Å². The van der Waals surface area contributed by atoms with Gasteiger partial charge in [0.15, 0.2) is 0 Å². The Balaban J connectivity index is 3.87. The number of unbranched alkanes of at least 4 members (excludes halogenated alkanes) is 16. The van der Waals surface area contributed by atoms with Crippen LogP contribution in [-0.4, -0.2) is 43.4 Å². The van der Waals surface area contributed by atoms with Crippen molar-refractivity contribution in [1.29, 1.82) is 0 Å².